The Labute approximate surface area is 159 Å². The largest absolute Gasteiger partial charge is 0.414 e. The summed E-state index contributed by atoms with van der Waals surface area (Å²) < 4.78 is 230. The van der Waals surface area contributed by atoms with Crippen molar-refractivity contribution in [3.05, 3.63) is 0 Å². The van der Waals surface area contributed by atoms with Gasteiger partial charge in [-0.2, -0.15) is 61.5 Å². The Balaban J connectivity index is 6.07. The van der Waals surface area contributed by atoms with Crippen LogP contribution in [0.15, 0.2) is 0 Å². The lowest BCUT2D eigenvalue weighted by molar-refractivity contribution is -0.335. The quantitative estimate of drug-likeness (QED) is 0.297. The highest BCUT2D eigenvalue weighted by Crippen LogP contribution is 2.48. The van der Waals surface area contributed by atoms with Crippen LogP contribution in [0.2, 0.25) is 0 Å². The molecule has 0 aliphatic rings. The lowest BCUT2D eigenvalue weighted by Crippen LogP contribution is -2.54. The Morgan fingerprint density at radius 3 is 0.839 bits per heavy atom. The summed E-state index contributed by atoms with van der Waals surface area (Å²) in [4.78, 5) is 0. The number of alkyl halides is 18. The van der Waals surface area contributed by atoms with Gasteiger partial charge in [0, 0.05) is 0 Å². The van der Waals surface area contributed by atoms with Gasteiger partial charge in [-0.05, 0) is 0 Å². The Morgan fingerprint density at radius 1 is 0.452 bits per heavy atom. The highest BCUT2D eigenvalue weighted by molar-refractivity contribution is 4.94. The van der Waals surface area contributed by atoms with Crippen LogP contribution >= 0.6 is 0 Å². The highest BCUT2D eigenvalue weighted by atomic mass is 19.4. The van der Waals surface area contributed by atoms with Gasteiger partial charge in [0.25, 0.3) is 0 Å². The second-order valence-corrected chi connectivity index (χ2v) is 5.86. The van der Waals surface area contributed by atoms with Crippen molar-refractivity contribution >= 4 is 0 Å². The molecule has 0 bridgehead atoms. The van der Waals surface area contributed by atoms with Crippen LogP contribution in [0.25, 0.3) is 0 Å². The highest BCUT2D eigenvalue weighted by Gasteiger charge is 2.68. The molecule has 188 valence electrons. The van der Waals surface area contributed by atoms with Crippen LogP contribution < -0.4 is 0 Å². The molecule has 0 saturated carbocycles. The number of rotatable bonds is 10. The van der Waals surface area contributed by atoms with Gasteiger partial charge in [-0.3, -0.25) is 0 Å². The maximum absolute atomic E-state index is 13.2. The molecule has 31 heavy (non-hydrogen) atoms. The molecule has 0 radical (unpaired) electrons. The Kier molecular flexibility index (Phi) is 8.54. The molecule has 0 aliphatic heterocycles. The molecular formula is C12H8F18O. The summed E-state index contributed by atoms with van der Waals surface area (Å²) in [6.07, 6.45) is -40.8. The lowest BCUT2D eigenvalue weighted by Gasteiger charge is -2.34. The molecule has 0 aliphatic carbocycles. The first kappa shape index (κ1) is 29.7. The number of hydrogen-bond donors (Lipinski definition) is 0. The number of halogens is 18. The van der Waals surface area contributed by atoms with Crippen molar-refractivity contribution in [2.45, 2.75) is 73.9 Å². The molecular weight excluding hydrogens is 502 g/mol. The summed E-state index contributed by atoms with van der Waals surface area (Å²) in [5.74, 6) is -26.0. The molecule has 2 atom stereocenters. The summed E-state index contributed by atoms with van der Waals surface area (Å²) in [5.41, 5.74) is 0. The molecule has 0 heterocycles. The van der Waals surface area contributed by atoms with E-state index in [1.165, 1.54) is 0 Å². The van der Waals surface area contributed by atoms with E-state index in [4.69, 9.17) is 0 Å². The normalized spacial score (nSPS) is 17.4. The summed E-state index contributed by atoms with van der Waals surface area (Å²) >= 11 is 0. The van der Waals surface area contributed by atoms with E-state index in [2.05, 4.69) is 4.74 Å². The van der Waals surface area contributed by atoms with E-state index in [-0.39, 0.29) is 0 Å². The van der Waals surface area contributed by atoms with Crippen molar-refractivity contribution in [3.8, 4) is 0 Å². The van der Waals surface area contributed by atoms with Gasteiger partial charge in [-0.15, -0.1) is 0 Å². The second-order valence-electron chi connectivity index (χ2n) is 5.86. The van der Waals surface area contributed by atoms with Crippen molar-refractivity contribution < 1.29 is 83.8 Å². The fourth-order valence-electron chi connectivity index (χ4n) is 1.74. The van der Waals surface area contributed by atoms with Gasteiger partial charge in [0.15, 0.2) is 12.2 Å². The average Bonchev–Trinajstić information content (AvgIpc) is 2.50. The van der Waals surface area contributed by atoms with Crippen molar-refractivity contribution in [3.63, 3.8) is 0 Å². The minimum Gasteiger partial charge on any atom is -0.356 e. The van der Waals surface area contributed by atoms with Crippen molar-refractivity contribution in [2.75, 3.05) is 0 Å². The zero-order valence-electron chi connectivity index (χ0n) is 13.9. The zero-order valence-corrected chi connectivity index (χ0v) is 13.9. The third-order valence-electron chi connectivity index (χ3n) is 3.47. The van der Waals surface area contributed by atoms with Gasteiger partial charge < -0.3 is 4.74 Å². The minimum atomic E-state index is -6.57. The van der Waals surface area contributed by atoms with Crippen molar-refractivity contribution in [1.29, 1.82) is 0 Å². The predicted octanol–water partition coefficient (Wildman–Crippen LogP) is 6.72. The van der Waals surface area contributed by atoms with Crippen LogP contribution in [0.1, 0.15) is 12.8 Å². The maximum atomic E-state index is 13.2. The first-order valence-corrected chi connectivity index (χ1v) is 7.17. The van der Waals surface area contributed by atoms with Crippen LogP contribution in [-0.2, 0) is 4.74 Å². The third-order valence-corrected chi connectivity index (χ3v) is 3.47. The fraction of sp³-hybridized carbons (Fsp3) is 1.00. The fourth-order valence-corrected chi connectivity index (χ4v) is 1.74. The lowest BCUT2D eigenvalue weighted by atomic mass is 10.0. The van der Waals surface area contributed by atoms with Crippen LogP contribution in [0.4, 0.5) is 79.0 Å². The Bertz CT molecular complexity index is 525. The first-order chi connectivity index (χ1) is 13.3. The molecule has 19 heteroatoms. The van der Waals surface area contributed by atoms with E-state index < -0.39 is 73.9 Å². The zero-order chi connectivity index (χ0) is 25.4. The topological polar surface area (TPSA) is 9.23 Å². The van der Waals surface area contributed by atoms with E-state index in [0.717, 1.165) is 0 Å². The maximum Gasteiger partial charge on any atom is 0.414 e. The molecule has 0 amide bonds. The molecule has 0 rings (SSSR count). The van der Waals surface area contributed by atoms with E-state index in [1.807, 2.05) is 0 Å². The van der Waals surface area contributed by atoms with Crippen LogP contribution in [0.3, 0.4) is 0 Å². The van der Waals surface area contributed by atoms with Gasteiger partial charge in [0.1, 0.15) is 0 Å². The molecule has 0 aromatic heterocycles. The van der Waals surface area contributed by atoms with E-state index in [1.54, 1.807) is 0 Å². The van der Waals surface area contributed by atoms with E-state index >= 15 is 0 Å². The Hall–Kier alpha value is -1.30. The van der Waals surface area contributed by atoms with Gasteiger partial charge in [0.05, 0.1) is 12.8 Å². The van der Waals surface area contributed by atoms with E-state index in [9.17, 15) is 79.0 Å². The van der Waals surface area contributed by atoms with Gasteiger partial charge in [-0.1, -0.05) is 0 Å². The molecule has 0 aromatic carbocycles. The number of hydrogen-bond acceptors (Lipinski definition) is 1. The molecule has 0 aromatic rings. The molecule has 1 nitrogen and oxygen atoms in total. The van der Waals surface area contributed by atoms with Gasteiger partial charge >= 0.3 is 48.9 Å². The van der Waals surface area contributed by atoms with Gasteiger partial charge in [-0.25, -0.2) is 17.6 Å². The summed E-state index contributed by atoms with van der Waals surface area (Å²) in [6.45, 7) is 0. The molecule has 0 fully saturated rings. The van der Waals surface area contributed by atoms with Crippen molar-refractivity contribution in [2.24, 2.45) is 0 Å². The van der Waals surface area contributed by atoms with Crippen molar-refractivity contribution in [1.82, 2.24) is 0 Å². The average molecular weight is 510 g/mol. The molecule has 0 N–H and O–H groups in total. The third kappa shape index (κ3) is 6.84. The summed E-state index contributed by atoms with van der Waals surface area (Å²) in [7, 11) is 0. The van der Waals surface area contributed by atoms with Crippen LogP contribution in [0.5, 0.6) is 0 Å². The van der Waals surface area contributed by atoms with Crippen LogP contribution in [-0.4, -0.2) is 61.1 Å². The predicted molar refractivity (Wildman–Crippen MR) is 61.8 cm³/mol. The van der Waals surface area contributed by atoms with E-state index in [0.29, 0.717) is 0 Å². The summed E-state index contributed by atoms with van der Waals surface area (Å²) in [5, 5.41) is 0. The molecule has 0 saturated heterocycles. The van der Waals surface area contributed by atoms with Gasteiger partial charge in [0.2, 0.25) is 0 Å². The summed E-state index contributed by atoms with van der Waals surface area (Å²) in [6, 6.07) is 0. The van der Waals surface area contributed by atoms with Crippen LogP contribution in [0, 0.1) is 0 Å². The monoisotopic (exact) mass is 510 g/mol. The molecule has 2 unspecified atom stereocenters. The first-order valence-electron chi connectivity index (χ1n) is 7.17. The second kappa shape index (κ2) is 8.92. The Morgan fingerprint density at radius 2 is 0.677 bits per heavy atom. The minimum absolute atomic E-state index is 2.83. The molecule has 0 spiro atoms. The SMILES string of the molecule is FC(F)C(F)(F)C(F)(F)CC(OC(CC(F)(F)C(F)(F)C(F)F)C(F)(F)F)C(F)(F)F. The number of ether oxygens (including phenoxy) is 1. The standard InChI is InChI=1S/C12H8F18O/c13-5(14)9(21,22)7(17,18)1-3(11(25,26)27)31-4(12(28,29)30)2-8(19,20)10(23,24)6(15)16/h3-6H,1-2H2. The smallest absolute Gasteiger partial charge is 0.356 e.